The van der Waals surface area contributed by atoms with E-state index in [0.717, 1.165) is 19.3 Å². The molecule has 0 heterocycles. The zero-order valence-electron chi connectivity index (χ0n) is 11.9. The lowest BCUT2D eigenvalue weighted by molar-refractivity contribution is -0.147. The lowest BCUT2D eigenvalue weighted by atomic mass is 9.81. The van der Waals surface area contributed by atoms with E-state index in [1.54, 1.807) is 6.92 Å². The van der Waals surface area contributed by atoms with Crippen molar-refractivity contribution in [3.8, 4) is 0 Å². The highest BCUT2D eigenvalue weighted by molar-refractivity contribution is 5.87. The van der Waals surface area contributed by atoms with E-state index >= 15 is 0 Å². The zero-order valence-corrected chi connectivity index (χ0v) is 11.9. The summed E-state index contributed by atoms with van der Waals surface area (Å²) in [5.74, 6) is -0.158. The molecule has 0 aromatic rings. The first-order valence-electron chi connectivity index (χ1n) is 6.35. The van der Waals surface area contributed by atoms with Gasteiger partial charge in [0.1, 0.15) is 6.10 Å². The zero-order chi connectivity index (χ0) is 13.6. The van der Waals surface area contributed by atoms with Gasteiger partial charge in [0.05, 0.1) is 0 Å². The predicted molar refractivity (Wildman–Crippen MR) is 71.6 cm³/mol. The third kappa shape index (κ3) is 5.87. The molecule has 0 rings (SSSR count). The summed E-state index contributed by atoms with van der Waals surface area (Å²) in [4.78, 5) is 11.5. The molecule has 0 aliphatic heterocycles. The summed E-state index contributed by atoms with van der Waals surface area (Å²) in [6.07, 6.45) is 3.02. The number of esters is 1. The third-order valence-electron chi connectivity index (χ3n) is 3.03. The summed E-state index contributed by atoms with van der Waals surface area (Å²) in [5, 5.41) is 0. The van der Waals surface area contributed by atoms with Gasteiger partial charge in [0.15, 0.2) is 0 Å². The van der Waals surface area contributed by atoms with Crippen molar-refractivity contribution < 1.29 is 9.53 Å². The van der Waals surface area contributed by atoms with Crippen molar-refractivity contribution in [2.75, 3.05) is 0 Å². The number of rotatable bonds is 7. The van der Waals surface area contributed by atoms with Gasteiger partial charge in [0.25, 0.3) is 0 Å². The maximum atomic E-state index is 11.5. The molecule has 3 heteroatoms. The number of nitrogens with two attached hydrogens (primary N) is 1. The number of ether oxygens (including phenoxy) is 1. The summed E-state index contributed by atoms with van der Waals surface area (Å²) in [6.45, 7) is 13.3. The quantitative estimate of drug-likeness (QED) is 0.550. The first-order chi connectivity index (χ1) is 7.70. The summed E-state index contributed by atoms with van der Waals surface area (Å²) in [6, 6.07) is 0. The van der Waals surface area contributed by atoms with Gasteiger partial charge < -0.3 is 10.5 Å². The van der Waals surface area contributed by atoms with Gasteiger partial charge in [-0.2, -0.15) is 0 Å². The van der Waals surface area contributed by atoms with Gasteiger partial charge in [-0.25, -0.2) is 4.79 Å². The van der Waals surface area contributed by atoms with Crippen molar-refractivity contribution in [1.29, 1.82) is 0 Å². The van der Waals surface area contributed by atoms with E-state index in [1.807, 2.05) is 20.8 Å². The minimum Gasteiger partial charge on any atom is -0.459 e. The van der Waals surface area contributed by atoms with Crippen molar-refractivity contribution in [2.24, 2.45) is 11.7 Å². The fraction of sp³-hybridized carbons (Fsp3) is 0.786. The summed E-state index contributed by atoms with van der Waals surface area (Å²) in [7, 11) is 0. The minimum atomic E-state index is -0.343. The van der Waals surface area contributed by atoms with Crippen LogP contribution in [0, 0.1) is 5.92 Å². The van der Waals surface area contributed by atoms with Crippen molar-refractivity contribution in [3.63, 3.8) is 0 Å². The van der Waals surface area contributed by atoms with E-state index in [9.17, 15) is 4.79 Å². The van der Waals surface area contributed by atoms with Crippen LogP contribution < -0.4 is 5.73 Å². The molecule has 0 aliphatic carbocycles. The van der Waals surface area contributed by atoms with Gasteiger partial charge in [-0.1, -0.05) is 26.3 Å². The molecule has 0 aromatic heterocycles. The number of carbonyl (C=O) groups is 1. The summed E-state index contributed by atoms with van der Waals surface area (Å²) >= 11 is 0. The van der Waals surface area contributed by atoms with Crippen LogP contribution in [0.2, 0.25) is 0 Å². The molecule has 2 unspecified atom stereocenters. The van der Waals surface area contributed by atoms with E-state index in [4.69, 9.17) is 10.5 Å². The first kappa shape index (κ1) is 16.2. The molecule has 0 saturated carbocycles. The van der Waals surface area contributed by atoms with Crippen LogP contribution >= 0.6 is 0 Å². The van der Waals surface area contributed by atoms with Crippen LogP contribution in [0.25, 0.3) is 0 Å². The fourth-order valence-electron chi connectivity index (χ4n) is 1.99. The Labute approximate surface area is 105 Å². The van der Waals surface area contributed by atoms with Crippen LogP contribution in [-0.4, -0.2) is 17.6 Å². The molecule has 2 atom stereocenters. The molecule has 0 spiro atoms. The van der Waals surface area contributed by atoms with E-state index in [0.29, 0.717) is 5.57 Å². The summed E-state index contributed by atoms with van der Waals surface area (Å²) in [5.41, 5.74) is 6.25. The third-order valence-corrected chi connectivity index (χ3v) is 3.03. The van der Waals surface area contributed by atoms with Gasteiger partial charge in [0.2, 0.25) is 0 Å². The molecule has 0 radical (unpaired) electrons. The summed E-state index contributed by atoms with van der Waals surface area (Å²) < 4.78 is 5.38. The fourth-order valence-corrected chi connectivity index (χ4v) is 1.99. The van der Waals surface area contributed by atoms with Crippen LogP contribution in [0.1, 0.15) is 53.9 Å². The van der Waals surface area contributed by atoms with Crippen molar-refractivity contribution in [1.82, 2.24) is 0 Å². The highest BCUT2D eigenvalue weighted by Gasteiger charge is 2.31. The molecule has 0 aliphatic rings. The Balaban J connectivity index is 4.58. The standard InChI is InChI=1S/C14H27NO2/c1-7-8-9-12(14(5,6)15)11(4)17-13(16)10(2)3/h11-12H,2,7-9,15H2,1,3-6H3. The largest absolute Gasteiger partial charge is 0.459 e. The second kappa shape index (κ2) is 6.80. The average Bonchev–Trinajstić information content (AvgIpc) is 2.15. The Kier molecular flexibility index (Phi) is 6.46. The van der Waals surface area contributed by atoms with Gasteiger partial charge in [-0.05, 0) is 34.1 Å². The lowest BCUT2D eigenvalue weighted by Crippen LogP contribution is -2.47. The van der Waals surface area contributed by atoms with Crippen LogP contribution in [0.3, 0.4) is 0 Å². The van der Waals surface area contributed by atoms with Gasteiger partial charge in [0, 0.05) is 17.0 Å². The Bertz CT molecular complexity index is 266. The second-order valence-corrected chi connectivity index (χ2v) is 5.46. The lowest BCUT2D eigenvalue weighted by Gasteiger charge is -2.35. The molecule has 3 nitrogen and oxygen atoms in total. The van der Waals surface area contributed by atoms with E-state index in [-0.39, 0.29) is 23.5 Å². The first-order valence-corrected chi connectivity index (χ1v) is 6.35. The molecule has 2 N–H and O–H groups in total. The molecule has 0 fully saturated rings. The van der Waals surface area contributed by atoms with Crippen LogP contribution in [-0.2, 0) is 9.53 Å². The maximum Gasteiger partial charge on any atom is 0.333 e. The maximum absolute atomic E-state index is 11.5. The molecular formula is C14H27NO2. The minimum absolute atomic E-state index is 0.172. The second-order valence-electron chi connectivity index (χ2n) is 5.46. The Morgan fingerprint density at radius 1 is 1.47 bits per heavy atom. The van der Waals surface area contributed by atoms with Gasteiger partial charge >= 0.3 is 5.97 Å². The average molecular weight is 241 g/mol. The smallest absolute Gasteiger partial charge is 0.333 e. The normalized spacial score (nSPS) is 15.2. The van der Waals surface area contributed by atoms with E-state index in [2.05, 4.69) is 13.5 Å². The molecule has 0 saturated heterocycles. The Hall–Kier alpha value is -0.830. The molecule has 0 amide bonds. The highest BCUT2D eigenvalue weighted by Crippen LogP contribution is 2.26. The Morgan fingerprint density at radius 2 is 2.00 bits per heavy atom. The predicted octanol–water partition coefficient (Wildman–Crippen LogP) is 3.04. The Morgan fingerprint density at radius 3 is 2.35 bits per heavy atom. The molecule has 0 bridgehead atoms. The van der Waals surface area contributed by atoms with Crippen molar-refractivity contribution >= 4 is 5.97 Å². The highest BCUT2D eigenvalue weighted by atomic mass is 16.5. The topological polar surface area (TPSA) is 52.3 Å². The van der Waals surface area contributed by atoms with Crippen LogP contribution in [0.5, 0.6) is 0 Å². The van der Waals surface area contributed by atoms with E-state index < -0.39 is 0 Å². The number of unbranched alkanes of at least 4 members (excludes halogenated alkanes) is 1. The SMILES string of the molecule is C=C(C)C(=O)OC(C)C(CCCC)C(C)(C)N. The number of carbonyl (C=O) groups excluding carboxylic acids is 1. The van der Waals surface area contributed by atoms with E-state index in [1.165, 1.54) is 0 Å². The monoisotopic (exact) mass is 241 g/mol. The van der Waals surface area contributed by atoms with Crippen LogP contribution in [0.15, 0.2) is 12.2 Å². The van der Waals surface area contributed by atoms with Crippen LogP contribution in [0.4, 0.5) is 0 Å². The van der Waals surface area contributed by atoms with Crippen molar-refractivity contribution in [3.05, 3.63) is 12.2 Å². The number of hydrogen-bond donors (Lipinski definition) is 1. The number of hydrogen-bond acceptors (Lipinski definition) is 3. The van der Waals surface area contributed by atoms with Gasteiger partial charge in [-0.15, -0.1) is 0 Å². The van der Waals surface area contributed by atoms with Crippen molar-refractivity contribution in [2.45, 2.75) is 65.5 Å². The molecule has 100 valence electrons. The van der Waals surface area contributed by atoms with Gasteiger partial charge in [-0.3, -0.25) is 0 Å². The molecular weight excluding hydrogens is 214 g/mol. The molecule has 0 aromatic carbocycles. The molecule has 17 heavy (non-hydrogen) atoms.